The summed E-state index contributed by atoms with van der Waals surface area (Å²) < 4.78 is 7.20. The predicted molar refractivity (Wildman–Crippen MR) is 107 cm³/mol. The van der Waals surface area contributed by atoms with E-state index in [0.717, 1.165) is 43.8 Å². The molecule has 2 aromatic carbocycles. The molecule has 0 unspecified atom stereocenters. The molecule has 3 aromatic rings. The zero-order valence-electron chi connectivity index (χ0n) is 15.8. The summed E-state index contributed by atoms with van der Waals surface area (Å²) in [5.74, 6) is 0. The molecule has 8 heteroatoms. The van der Waals surface area contributed by atoms with E-state index in [1.165, 1.54) is 17.3 Å². The fourth-order valence-electron chi connectivity index (χ4n) is 3.51. The maximum atomic E-state index is 11.0. The van der Waals surface area contributed by atoms with Crippen molar-refractivity contribution in [2.75, 3.05) is 38.3 Å². The van der Waals surface area contributed by atoms with E-state index < -0.39 is 0 Å². The van der Waals surface area contributed by atoms with Gasteiger partial charge in [0.1, 0.15) is 0 Å². The number of fused-ring (bicyclic) bond motifs is 1. The summed E-state index contributed by atoms with van der Waals surface area (Å²) in [4.78, 5) is 15.1. The van der Waals surface area contributed by atoms with Gasteiger partial charge < -0.3 is 9.64 Å². The van der Waals surface area contributed by atoms with Crippen LogP contribution in [0.2, 0.25) is 0 Å². The Hall–Kier alpha value is -2.97. The molecule has 1 aliphatic heterocycles. The molecule has 8 nitrogen and oxygen atoms in total. The van der Waals surface area contributed by atoms with Crippen LogP contribution in [0.4, 0.5) is 11.4 Å². The number of morpholine rings is 1. The number of ether oxygens (including phenoxy) is 1. The monoisotopic (exact) mass is 381 g/mol. The first-order chi connectivity index (χ1) is 13.6. The minimum absolute atomic E-state index is 0.0793. The number of nitro groups is 1. The second-order valence-electron chi connectivity index (χ2n) is 7.07. The van der Waals surface area contributed by atoms with Gasteiger partial charge >= 0.3 is 0 Å². The Kier molecular flexibility index (Phi) is 5.23. The number of anilines is 1. The fourth-order valence-corrected chi connectivity index (χ4v) is 3.51. The Morgan fingerprint density at radius 3 is 2.64 bits per heavy atom. The van der Waals surface area contributed by atoms with E-state index in [1.807, 2.05) is 7.05 Å². The third-order valence-corrected chi connectivity index (χ3v) is 4.98. The molecule has 0 atom stereocenters. The highest BCUT2D eigenvalue weighted by Crippen LogP contribution is 2.21. The zero-order valence-corrected chi connectivity index (χ0v) is 15.8. The lowest BCUT2D eigenvalue weighted by Crippen LogP contribution is -2.36. The third kappa shape index (κ3) is 3.97. The molecule has 0 radical (unpaired) electrons. The fraction of sp³-hybridized carbons (Fsp3) is 0.350. The Labute approximate surface area is 163 Å². The van der Waals surface area contributed by atoms with Crippen molar-refractivity contribution in [2.24, 2.45) is 0 Å². The maximum Gasteiger partial charge on any atom is 0.271 e. The molecule has 0 bridgehead atoms. The summed E-state index contributed by atoms with van der Waals surface area (Å²) in [6, 6.07) is 13.4. The van der Waals surface area contributed by atoms with Crippen molar-refractivity contribution in [3.63, 3.8) is 0 Å². The lowest BCUT2D eigenvalue weighted by molar-refractivity contribution is -0.384. The van der Waals surface area contributed by atoms with Crippen LogP contribution in [-0.4, -0.2) is 53.0 Å². The van der Waals surface area contributed by atoms with Crippen molar-refractivity contribution < 1.29 is 9.66 Å². The Balaban J connectivity index is 1.42. The number of non-ortho nitro benzene ring substituents is 1. The van der Waals surface area contributed by atoms with E-state index in [4.69, 9.17) is 4.74 Å². The summed E-state index contributed by atoms with van der Waals surface area (Å²) in [5.41, 5.74) is 3.28. The van der Waals surface area contributed by atoms with E-state index in [2.05, 4.69) is 39.2 Å². The van der Waals surface area contributed by atoms with Crippen LogP contribution in [0.5, 0.6) is 0 Å². The van der Waals surface area contributed by atoms with Gasteiger partial charge in [-0.2, -0.15) is 5.10 Å². The van der Waals surface area contributed by atoms with Crippen LogP contribution >= 0.6 is 0 Å². The molecule has 1 aliphatic rings. The highest BCUT2D eigenvalue weighted by Gasteiger charge is 2.13. The number of aromatic nitrogens is 2. The molecule has 1 saturated heterocycles. The molecule has 0 aliphatic carbocycles. The van der Waals surface area contributed by atoms with Crippen LogP contribution in [0.25, 0.3) is 10.9 Å². The topological polar surface area (TPSA) is 76.7 Å². The van der Waals surface area contributed by atoms with Crippen LogP contribution in [0.3, 0.4) is 0 Å². The normalized spacial score (nSPS) is 14.7. The minimum Gasteiger partial charge on any atom is -0.378 e. The van der Waals surface area contributed by atoms with Gasteiger partial charge in [0.15, 0.2) is 0 Å². The van der Waals surface area contributed by atoms with Gasteiger partial charge in [-0.05, 0) is 30.8 Å². The third-order valence-electron chi connectivity index (χ3n) is 4.98. The van der Waals surface area contributed by atoms with E-state index in [-0.39, 0.29) is 10.6 Å². The van der Waals surface area contributed by atoms with Gasteiger partial charge in [0.25, 0.3) is 5.69 Å². The molecule has 0 saturated carbocycles. The lowest BCUT2D eigenvalue weighted by atomic mass is 10.2. The van der Waals surface area contributed by atoms with Gasteiger partial charge in [-0.1, -0.05) is 12.1 Å². The highest BCUT2D eigenvalue weighted by molar-refractivity contribution is 5.80. The number of benzene rings is 2. The molecule has 0 N–H and O–H groups in total. The number of hydrogen-bond acceptors (Lipinski definition) is 6. The lowest BCUT2D eigenvalue weighted by Gasteiger charge is -2.29. The van der Waals surface area contributed by atoms with Gasteiger partial charge in [0.05, 0.1) is 36.5 Å². The highest BCUT2D eigenvalue weighted by atomic mass is 16.6. The largest absolute Gasteiger partial charge is 0.378 e. The van der Waals surface area contributed by atoms with Gasteiger partial charge in [0, 0.05) is 42.8 Å². The molecule has 0 amide bonds. The molecule has 2 heterocycles. The number of rotatable bonds is 6. The molecular formula is C20H23N5O3. The van der Waals surface area contributed by atoms with Crippen LogP contribution in [-0.2, 0) is 18.0 Å². The molecule has 146 valence electrons. The summed E-state index contributed by atoms with van der Waals surface area (Å²) in [5, 5.41) is 16.3. The van der Waals surface area contributed by atoms with Crippen molar-refractivity contribution in [1.82, 2.24) is 14.7 Å². The van der Waals surface area contributed by atoms with E-state index in [9.17, 15) is 10.1 Å². The van der Waals surface area contributed by atoms with Crippen molar-refractivity contribution >= 4 is 22.3 Å². The van der Waals surface area contributed by atoms with Crippen molar-refractivity contribution in [3.8, 4) is 0 Å². The van der Waals surface area contributed by atoms with Gasteiger partial charge in [0.2, 0.25) is 0 Å². The first-order valence-electron chi connectivity index (χ1n) is 9.30. The summed E-state index contributed by atoms with van der Waals surface area (Å²) >= 11 is 0. The Bertz CT molecular complexity index is 964. The molecular weight excluding hydrogens is 358 g/mol. The van der Waals surface area contributed by atoms with Crippen LogP contribution in [0.1, 0.15) is 5.56 Å². The quantitative estimate of drug-likeness (QED) is 0.483. The second kappa shape index (κ2) is 7.95. The van der Waals surface area contributed by atoms with Crippen LogP contribution in [0, 0.1) is 10.1 Å². The summed E-state index contributed by atoms with van der Waals surface area (Å²) in [6.45, 7) is 4.73. The van der Waals surface area contributed by atoms with Crippen molar-refractivity contribution in [2.45, 2.75) is 13.2 Å². The van der Waals surface area contributed by atoms with E-state index >= 15 is 0 Å². The van der Waals surface area contributed by atoms with Crippen LogP contribution in [0.15, 0.2) is 48.7 Å². The van der Waals surface area contributed by atoms with Gasteiger partial charge in [-0.25, -0.2) is 0 Å². The number of nitrogens with zero attached hydrogens (tertiary/aromatic N) is 5. The second-order valence-corrected chi connectivity index (χ2v) is 7.07. The SMILES string of the molecule is CN(Cc1ccc(N2CCOCC2)cc1)Cn1ncc2ccc([N+](=O)[O-])cc21. The minimum atomic E-state index is -0.378. The Morgan fingerprint density at radius 2 is 1.93 bits per heavy atom. The van der Waals surface area contributed by atoms with Gasteiger partial charge in [-0.15, -0.1) is 0 Å². The molecule has 4 rings (SSSR count). The first kappa shape index (κ1) is 18.4. The zero-order chi connectivity index (χ0) is 19.5. The molecule has 1 aromatic heterocycles. The smallest absolute Gasteiger partial charge is 0.271 e. The maximum absolute atomic E-state index is 11.0. The van der Waals surface area contributed by atoms with Crippen molar-refractivity contribution in [1.29, 1.82) is 0 Å². The Morgan fingerprint density at radius 1 is 1.18 bits per heavy atom. The van der Waals surface area contributed by atoms with E-state index in [0.29, 0.717) is 6.67 Å². The predicted octanol–water partition coefficient (Wildman–Crippen LogP) is 2.87. The van der Waals surface area contributed by atoms with E-state index in [1.54, 1.807) is 23.0 Å². The summed E-state index contributed by atoms with van der Waals surface area (Å²) in [7, 11) is 2.01. The average molecular weight is 381 g/mol. The number of hydrogen-bond donors (Lipinski definition) is 0. The first-order valence-corrected chi connectivity index (χ1v) is 9.30. The van der Waals surface area contributed by atoms with Crippen molar-refractivity contribution in [3.05, 3.63) is 64.3 Å². The van der Waals surface area contributed by atoms with Gasteiger partial charge in [-0.3, -0.25) is 19.7 Å². The standard InChI is InChI=1S/C20H23N5O3/c1-22(14-16-2-5-18(6-3-16)23-8-10-28-11-9-23)15-24-20-12-19(25(26)27)7-4-17(20)13-21-24/h2-7,12-13H,8-11,14-15H2,1H3. The van der Waals surface area contributed by atoms with Crippen LogP contribution < -0.4 is 4.90 Å². The summed E-state index contributed by atoms with van der Waals surface area (Å²) in [6.07, 6.45) is 1.74. The molecule has 1 fully saturated rings. The number of nitro benzene ring substituents is 1. The molecule has 28 heavy (non-hydrogen) atoms. The average Bonchev–Trinajstić information content (AvgIpc) is 3.11. The molecule has 0 spiro atoms.